The maximum Gasteiger partial charge on any atom is 0.0541 e. The molecule has 0 amide bonds. The minimum atomic E-state index is 0.898. The first-order valence-corrected chi connectivity index (χ1v) is 1.49. The van der Waals surface area contributed by atoms with Gasteiger partial charge in [0.05, 0.1) is 1.37 Å². The molecule has 0 heterocycles. The molecule has 0 atom stereocenters. The zero-order chi connectivity index (χ0) is 4.99. The van der Waals surface area contributed by atoms with Crippen molar-refractivity contribution in [2.24, 2.45) is 0 Å². The van der Waals surface area contributed by atoms with Crippen molar-refractivity contribution in [1.82, 2.24) is 0 Å². The van der Waals surface area contributed by atoms with Crippen LogP contribution >= 0.6 is 0 Å². The maximum atomic E-state index is 6.58. The van der Waals surface area contributed by atoms with E-state index in [2.05, 4.69) is 6.58 Å². The lowest BCUT2D eigenvalue weighted by atomic mass is 10.4. The quantitative estimate of drug-likeness (QED) is 0.411. The van der Waals surface area contributed by atoms with Crippen LogP contribution in [0, 0.1) is 0 Å². The Morgan fingerprint density at radius 3 is 2.80 bits per heavy atom. The molecule has 0 bridgehead atoms. The van der Waals surface area contributed by atoms with Gasteiger partial charge in [-0.05, 0) is 6.92 Å². The van der Waals surface area contributed by atoms with Crippen molar-refractivity contribution < 1.29 is 1.37 Å². The summed E-state index contributed by atoms with van der Waals surface area (Å²) in [5.74, 6) is 0. The molecule has 0 aliphatic carbocycles. The van der Waals surface area contributed by atoms with Crippen molar-refractivity contribution in [3.05, 3.63) is 24.8 Å². The van der Waals surface area contributed by atoms with E-state index in [1.54, 1.807) is 6.08 Å². The lowest BCUT2D eigenvalue weighted by Gasteiger charge is -1.71. The Hall–Kier alpha value is -0.520. The zero-order valence-corrected chi connectivity index (χ0v) is 3.36. The van der Waals surface area contributed by atoms with E-state index in [0.717, 1.165) is 5.57 Å². The smallest absolute Gasteiger partial charge is 0.0541 e. The molecule has 0 N–H and O–H groups in total. The van der Waals surface area contributed by atoms with E-state index in [4.69, 9.17) is 1.37 Å². The van der Waals surface area contributed by atoms with Crippen molar-refractivity contribution >= 4 is 0 Å². The summed E-state index contributed by atoms with van der Waals surface area (Å²) in [6.07, 6.45) is 1.65. The molecule has 0 heteroatoms. The standard InChI is InChI=1S/C5H8/c1-4-5(2)3/h4H,1-2H2,3H3/i2D. The molecule has 28 valence electrons. The lowest BCUT2D eigenvalue weighted by molar-refractivity contribution is 1.58. The highest BCUT2D eigenvalue weighted by atomic mass is 13.7. The van der Waals surface area contributed by atoms with Gasteiger partial charge in [-0.2, -0.15) is 0 Å². The van der Waals surface area contributed by atoms with Gasteiger partial charge in [-0.1, -0.05) is 24.8 Å². The van der Waals surface area contributed by atoms with Gasteiger partial charge >= 0.3 is 0 Å². The van der Waals surface area contributed by atoms with E-state index in [-0.39, 0.29) is 0 Å². The first kappa shape index (κ1) is 2.70. The van der Waals surface area contributed by atoms with E-state index in [1.807, 2.05) is 6.92 Å². The summed E-state index contributed by atoms with van der Waals surface area (Å²) in [4.78, 5) is 0. The molecular formula is C5H8. The molecule has 0 saturated heterocycles. The summed E-state index contributed by atoms with van der Waals surface area (Å²) in [5.41, 5.74) is 0.898. The summed E-state index contributed by atoms with van der Waals surface area (Å²) in [5, 5.41) is 0. The molecule has 0 aromatic carbocycles. The fourth-order valence-electron chi connectivity index (χ4n) is 0. The summed E-state index contributed by atoms with van der Waals surface area (Å²) >= 11 is 0. The molecule has 0 rings (SSSR count). The number of allylic oxidation sites excluding steroid dienone is 2. The largest absolute Gasteiger partial charge is 0.0988 e. The van der Waals surface area contributed by atoms with Crippen molar-refractivity contribution in [3.8, 4) is 0 Å². The van der Waals surface area contributed by atoms with E-state index in [0.29, 0.717) is 0 Å². The van der Waals surface area contributed by atoms with E-state index in [1.165, 1.54) is 6.55 Å². The molecule has 0 radical (unpaired) electrons. The minimum absolute atomic E-state index is 0.898. The Bertz CT molecular complexity index is 72.0. The van der Waals surface area contributed by atoms with Crippen LogP contribution in [-0.4, -0.2) is 0 Å². The predicted molar refractivity (Wildman–Crippen MR) is 25.0 cm³/mol. The summed E-state index contributed by atoms with van der Waals surface area (Å²) in [6, 6.07) is 0. The van der Waals surface area contributed by atoms with Crippen LogP contribution in [0.25, 0.3) is 0 Å². The minimum Gasteiger partial charge on any atom is -0.0988 e. The summed E-state index contributed by atoms with van der Waals surface area (Å²) in [7, 11) is 0. The Morgan fingerprint density at radius 2 is 2.80 bits per heavy atom. The topological polar surface area (TPSA) is 0 Å². The monoisotopic (exact) mass is 69.1 g/mol. The Kier molecular flexibility index (Phi) is 0.956. The van der Waals surface area contributed by atoms with Crippen LogP contribution in [0.3, 0.4) is 0 Å². The van der Waals surface area contributed by atoms with Crippen molar-refractivity contribution in [2.45, 2.75) is 6.92 Å². The number of rotatable bonds is 1. The van der Waals surface area contributed by atoms with Crippen molar-refractivity contribution in [2.75, 3.05) is 0 Å². The molecule has 0 nitrogen and oxygen atoms in total. The molecule has 0 unspecified atom stereocenters. The van der Waals surface area contributed by atoms with E-state index >= 15 is 0 Å². The predicted octanol–water partition coefficient (Wildman–Crippen LogP) is 1.75. The molecule has 0 fully saturated rings. The van der Waals surface area contributed by atoms with Gasteiger partial charge in [-0.15, -0.1) is 0 Å². The Morgan fingerprint density at radius 1 is 2.20 bits per heavy atom. The van der Waals surface area contributed by atoms with Gasteiger partial charge in [0.25, 0.3) is 0 Å². The normalized spacial score (nSPS) is 13.8. The first-order chi connectivity index (χ1) is 2.81. The summed E-state index contributed by atoms with van der Waals surface area (Å²) < 4.78 is 6.58. The van der Waals surface area contributed by atoms with Gasteiger partial charge in [0.1, 0.15) is 0 Å². The third-order valence-corrected chi connectivity index (χ3v) is 0.322. The van der Waals surface area contributed by atoms with Crippen LogP contribution in [0.1, 0.15) is 8.29 Å². The fourth-order valence-corrected chi connectivity index (χ4v) is 0. The molecule has 0 spiro atoms. The average molecular weight is 69.1 g/mol. The second-order valence-electron chi connectivity index (χ2n) is 0.948. The zero-order valence-electron chi connectivity index (χ0n) is 4.36. The molecule has 0 aliphatic rings. The van der Waals surface area contributed by atoms with Crippen LogP contribution in [0.5, 0.6) is 0 Å². The first-order valence-electron chi connectivity index (χ1n) is 2.06. The number of hydrogen-bond acceptors (Lipinski definition) is 0. The third-order valence-electron chi connectivity index (χ3n) is 0.322. The highest BCUT2D eigenvalue weighted by Gasteiger charge is 1.59. The summed E-state index contributed by atoms with van der Waals surface area (Å²) in [6.45, 7) is 6.55. The molecule has 0 aromatic rings. The van der Waals surface area contributed by atoms with Gasteiger partial charge in [-0.25, -0.2) is 0 Å². The highest BCUT2D eigenvalue weighted by molar-refractivity contribution is 5.05. The average Bonchev–Trinajstić information content (AvgIpc) is 1.65. The SMILES string of the molecule is [2H]C=C(C)C=C. The van der Waals surface area contributed by atoms with Gasteiger partial charge in [0.2, 0.25) is 0 Å². The van der Waals surface area contributed by atoms with E-state index < -0.39 is 0 Å². The van der Waals surface area contributed by atoms with Crippen molar-refractivity contribution in [1.29, 1.82) is 0 Å². The van der Waals surface area contributed by atoms with Gasteiger partial charge in [-0.3, -0.25) is 0 Å². The van der Waals surface area contributed by atoms with Crippen LogP contribution in [0.4, 0.5) is 0 Å². The molecule has 5 heavy (non-hydrogen) atoms. The number of hydrogen-bond donors (Lipinski definition) is 0. The fraction of sp³-hybridized carbons (Fsp3) is 0.200. The molecule has 0 aromatic heterocycles. The third kappa shape index (κ3) is 3.48. The lowest BCUT2D eigenvalue weighted by Crippen LogP contribution is -1.50. The molecular weight excluding hydrogens is 60.1 g/mol. The van der Waals surface area contributed by atoms with Crippen LogP contribution in [-0.2, 0) is 0 Å². The van der Waals surface area contributed by atoms with E-state index in [9.17, 15) is 0 Å². The van der Waals surface area contributed by atoms with Crippen LogP contribution < -0.4 is 0 Å². The van der Waals surface area contributed by atoms with Crippen LogP contribution in [0.15, 0.2) is 24.8 Å². The second kappa shape index (κ2) is 1.77. The Labute approximate surface area is 34.2 Å². The maximum absolute atomic E-state index is 6.58. The van der Waals surface area contributed by atoms with Crippen molar-refractivity contribution in [3.63, 3.8) is 0 Å². The molecule has 0 saturated carbocycles. The highest BCUT2D eigenvalue weighted by Crippen LogP contribution is 1.81. The van der Waals surface area contributed by atoms with Crippen LogP contribution in [0.2, 0.25) is 0 Å². The van der Waals surface area contributed by atoms with Gasteiger partial charge < -0.3 is 0 Å². The second-order valence-corrected chi connectivity index (χ2v) is 0.948. The van der Waals surface area contributed by atoms with Gasteiger partial charge in [0.15, 0.2) is 0 Å². The van der Waals surface area contributed by atoms with Gasteiger partial charge in [0, 0.05) is 0 Å². The molecule has 0 aliphatic heterocycles. The Balaban J connectivity index is 3.50.